The van der Waals surface area contributed by atoms with Crippen LogP contribution < -0.4 is 10.1 Å². The highest BCUT2D eigenvalue weighted by Gasteiger charge is 2.17. The summed E-state index contributed by atoms with van der Waals surface area (Å²) in [6, 6.07) is 2.78. The molecule has 108 valence electrons. The molecule has 0 fully saturated rings. The van der Waals surface area contributed by atoms with Crippen molar-refractivity contribution in [2.75, 3.05) is 7.05 Å². The van der Waals surface area contributed by atoms with Crippen LogP contribution in [-0.4, -0.2) is 18.9 Å². The van der Waals surface area contributed by atoms with Gasteiger partial charge in [-0.25, -0.2) is 4.39 Å². The highest BCUT2D eigenvalue weighted by atomic mass is 19.1. The quantitative estimate of drug-likeness (QED) is 0.849. The van der Waals surface area contributed by atoms with E-state index in [9.17, 15) is 9.18 Å². The van der Waals surface area contributed by atoms with Crippen molar-refractivity contribution in [1.82, 2.24) is 5.32 Å². The molecule has 4 heteroatoms. The highest BCUT2D eigenvalue weighted by Crippen LogP contribution is 2.26. The normalized spacial score (nSPS) is 10.5. The van der Waals surface area contributed by atoms with E-state index in [2.05, 4.69) is 5.32 Å². The molecule has 0 aliphatic heterocycles. The molecule has 0 unspecified atom stereocenters. The van der Waals surface area contributed by atoms with Crippen LogP contribution in [0.4, 0.5) is 4.39 Å². The largest absolute Gasteiger partial charge is 0.488 e. The molecular formula is C15H24FNO2. The number of ether oxygens (including phenoxy) is 1. The number of halogens is 1. The van der Waals surface area contributed by atoms with E-state index in [0.717, 1.165) is 5.56 Å². The SMILES string of the molecule is CC.CNCc1cc(C=O)c(F)cc1OC(C)(C)C. The van der Waals surface area contributed by atoms with Crippen molar-refractivity contribution in [3.63, 3.8) is 0 Å². The molecule has 0 saturated carbocycles. The molecule has 0 radical (unpaired) electrons. The van der Waals surface area contributed by atoms with Crippen LogP contribution in [0.3, 0.4) is 0 Å². The van der Waals surface area contributed by atoms with Gasteiger partial charge in [0.15, 0.2) is 6.29 Å². The Morgan fingerprint density at radius 3 is 2.32 bits per heavy atom. The minimum Gasteiger partial charge on any atom is -0.488 e. The molecule has 0 saturated heterocycles. The molecule has 1 aromatic rings. The minimum absolute atomic E-state index is 0.0523. The summed E-state index contributed by atoms with van der Waals surface area (Å²) in [6.45, 7) is 10.2. The Balaban J connectivity index is 0.00000154. The van der Waals surface area contributed by atoms with Gasteiger partial charge in [-0.05, 0) is 33.9 Å². The number of carbonyl (C=O) groups is 1. The molecule has 0 amide bonds. The van der Waals surface area contributed by atoms with Crippen LogP contribution in [0.5, 0.6) is 5.75 Å². The van der Waals surface area contributed by atoms with E-state index in [-0.39, 0.29) is 5.56 Å². The number of nitrogens with one attached hydrogen (secondary N) is 1. The van der Waals surface area contributed by atoms with E-state index in [1.165, 1.54) is 12.1 Å². The maximum atomic E-state index is 13.5. The summed E-state index contributed by atoms with van der Waals surface area (Å²) in [5, 5.41) is 2.96. The predicted octanol–water partition coefficient (Wildman–Crippen LogP) is 3.56. The molecule has 0 aliphatic carbocycles. The zero-order valence-corrected chi connectivity index (χ0v) is 12.6. The van der Waals surface area contributed by atoms with Crippen molar-refractivity contribution in [3.8, 4) is 5.75 Å². The average Bonchev–Trinajstić information content (AvgIpc) is 2.33. The van der Waals surface area contributed by atoms with Gasteiger partial charge in [-0.2, -0.15) is 0 Å². The lowest BCUT2D eigenvalue weighted by Gasteiger charge is -2.23. The van der Waals surface area contributed by atoms with Crippen molar-refractivity contribution in [3.05, 3.63) is 29.1 Å². The second-order valence-corrected chi connectivity index (χ2v) is 4.84. The van der Waals surface area contributed by atoms with Crippen LogP contribution in [0, 0.1) is 5.82 Å². The first-order valence-corrected chi connectivity index (χ1v) is 6.48. The fourth-order valence-electron chi connectivity index (χ4n) is 1.46. The van der Waals surface area contributed by atoms with Gasteiger partial charge in [-0.1, -0.05) is 13.8 Å². The lowest BCUT2D eigenvalue weighted by molar-refractivity contribution is 0.111. The maximum absolute atomic E-state index is 13.5. The second kappa shape index (κ2) is 7.89. The lowest BCUT2D eigenvalue weighted by atomic mass is 10.1. The average molecular weight is 269 g/mol. The van der Waals surface area contributed by atoms with Crippen molar-refractivity contribution in [2.45, 2.75) is 46.8 Å². The minimum atomic E-state index is -0.556. The van der Waals surface area contributed by atoms with Crippen LogP contribution in [-0.2, 0) is 6.54 Å². The Bertz CT molecular complexity index is 411. The van der Waals surface area contributed by atoms with Crippen LogP contribution in [0.2, 0.25) is 0 Å². The Labute approximate surface area is 115 Å². The molecule has 1 rings (SSSR count). The van der Waals surface area contributed by atoms with E-state index >= 15 is 0 Å². The molecule has 0 bridgehead atoms. The standard InChI is InChI=1S/C13H18FNO2.C2H6/c1-13(2,3)17-12-6-11(14)10(8-16)5-9(12)7-15-4;1-2/h5-6,8,15H,7H2,1-4H3;1-2H3. The smallest absolute Gasteiger partial charge is 0.153 e. The maximum Gasteiger partial charge on any atom is 0.153 e. The Hall–Kier alpha value is -1.42. The van der Waals surface area contributed by atoms with E-state index in [4.69, 9.17) is 4.74 Å². The van der Waals surface area contributed by atoms with Gasteiger partial charge < -0.3 is 10.1 Å². The number of hydrogen-bond donors (Lipinski definition) is 1. The second-order valence-electron chi connectivity index (χ2n) is 4.84. The van der Waals surface area contributed by atoms with E-state index in [1.54, 1.807) is 7.05 Å². The molecule has 0 aliphatic rings. The van der Waals surface area contributed by atoms with Crippen molar-refractivity contribution < 1.29 is 13.9 Å². The molecule has 1 aromatic carbocycles. The first-order valence-electron chi connectivity index (χ1n) is 6.48. The van der Waals surface area contributed by atoms with Gasteiger partial charge in [-0.15, -0.1) is 0 Å². The highest BCUT2D eigenvalue weighted by molar-refractivity contribution is 5.76. The number of rotatable bonds is 4. The molecule has 1 N–H and O–H groups in total. The van der Waals surface area contributed by atoms with Crippen molar-refractivity contribution in [1.29, 1.82) is 0 Å². The van der Waals surface area contributed by atoms with Crippen LogP contribution in [0.15, 0.2) is 12.1 Å². The Morgan fingerprint density at radius 1 is 1.32 bits per heavy atom. The van der Waals surface area contributed by atoms with Gasteiger partial charge in [0.05, 0.1) is 5.56 Å². The third-order valence-electron chi connectivity index (χ3n) is 2.09. The van der Waals surface area contributed by atoms with Gasteiger partial charge in [0.1, 0.15) is 17.2 Å². The molecule has 0 atom stereocenters. The monoisotopic (exact) mass is 269 g/mol. The fourth-order valence-corrected chi connectivity index (χ4v) is 1.46. The summed E-state index contributed by atoms with van der Waals surface area (Å²) < 4.78 is 19.2. The van der Waals surface area contributed by atoms with E-state index in [0.29, 0.717) is 18.6 Å². The zero-order chi connectivity index (χ0) is 15.1. The molecular weight excluding hydrogens is 245 g/mol. The zero-order valence-electron chi connectivity index (χ0n) is 12.6. The summed E-state index contributed by atoms with van der Waals surface area (Å²) in [5.41, 5.74) is 0.417. The fraction of sp³-hybridized carbons (Fsp3) is 0.533. The summed E-state index contributed by atoms with van der Waals surface area (Å²) >= 11 is 0. The topological polar surface area (TPSA) is 38.3 Å². The number of carbonyl (C=O) groups excluding carboxylic acids is 1. The summed E-state index contributed by atoms with van der Waals surface area (Å²) in [4.78, 5) is 10.7. The van der Waals surface area contributed by atoms with Gasteiger partial charge in [0.25, 0.3) is 0 Å². The summed E-state index contributed by atoms with van der Waals surface area (Å²) in [5.74, 6) is -0.0888. The van der Waals surface area contributed by atoms with Gasteiger partial charge in [0.2, 0.25) is 0 Å². The molecule has 19 heavy (non-hydrogen) atoms. The number of benzene rings is 1. The summed E-state index contributed by atoms with van der Waals surface area (Å²) in [7, 11) is 1.78. The van der Waals surface area contributed by atoms with Gasteiger partial charge in [-0.3, -0.25) is 4.79 Å². The van der Waals surface area contributed by atoms with E-state index in [1.807, 2.05) is 34.6 Å². The predicted molar refractivity (Wildman–Crippen MR) is 76.3 cm³/mol. The number of hydrogen-bond acceptors (Lipinski definition) is 3. The van der Waals surface area contributed by atoms with Crippen LogP contribution in [0.1, 0.15) is 50.5 Å². The first kappa shape index (κ1) is 17.6. The van der Waals surface area contributed by atoms with Crippen LogP contribution in [0.25, 0.3) is 0 Å². The van der Waals surface area contributed by atoms with Gasteiger partial charge in [0, 0.05) is 18.2 Å². The lowest BCUT2D eigenvalue weighted by Crippen LogP contribution is -2.24. The van der Waals surface area contributed by atoms with Crippen molar-refractivity contribution >= 4 is 6.29 Å². The third kappa shape index (κ3) is 5.83. The summed E-state index contributed by atoms with van der Waals surface area (Å²) in [6.07, 6.45) is 0.509. The third-order valence-corrected chi connectivity index (χ3v) is 2.09. The first-order chi connectivity index (χ1) is 8.87. The van der Waals surface area contributed by atoms with Crippen molar-refractivity contribution in [2.24, 2.45) is 0 Å². The van der Waals surface area contributed by atoms with E-state index < -0.39 is 11.4 Å². The molecule has 0 heterocycles. The van der Waals surface area contributed by atoms with Gasteiger partial charge >= 0.3 is 0 Å². The molecule has 0 aromatic heterocycles. The molecule has 3 nitrogen and oxygen atoms in total. The number of aldehydes is 1. The Morgan fingerprint density at radius 2 is 1.89 bits per heavy atom. The Kier molecular flexibility index (Phi) is 7.30. The molecule has 0 spiro atoms. The van der Waals surface area contributed by atoms with Crippen LogP contribution >= 0.6 is 0 Å².